The van der Waals surface area contributed by atoms with Crippen LogP contribution >= 0.6 is 0 Å². The van der Waals surface area contributed by atoms with E-state index in [4.69, 9.17) is 4.74 Å². The number of ether oxygens (including phenoxy) is 1. The molecule has 0 heterocycles. The molecule has 0 radical (unpaired) electrons. The van der Waals surface area contributed by atoms with Gasteiger partial charge in [-0.05, 0) is 12.1 Å². The number of nitrogens with one attached hydrogen (secondary N) is 2. The number of para-hydroxylation sites is 1. The van der Waals surface area contributed by atoms with Crippen molar-refractivity contribution >= 4 is 17.4 Å². The Morgan fingerprint density at radius 1 is 1.29 bits per heavy atom. The molecule has 8 heteroatoms. The first-order chi connectivity index (χ1) is 11.5. The Morgan fingerprint density at radius 2 is 2.04 bits per heavy atom. The second-order valence-electron chi connectivity index (χ2n) is 4.90. The average Bonchev–Trinajstić information content (AvgIpc) is 2.59. The maximum Gasteiger partial charge on any atom is 0.319 e. The largest absolute Gasteiger partial charge is 0.496 e. The van der Waals surface area contributed by atoms with Crippen LogP contribution in [0.2, 0.25) is 0 Å². The molecule has 0 unspecified atom stereocenters. The van der Waals surface area contributed by atoms with Crippen LogP contribution < -0.4 is 15.4 Å². The van der Waals surface area contributed by atoms with E-state index in [9.17, 15) is 20.0 Å². The maximum atomic E-state index is 11.8. The van der Waals surface area contributed by atoms with Crippen LogP contribution in [0.4, 0.5) is 16.2 Å². The number of urea groups is 1. The first-order valence-corrected chi connectivity index (χ1v) is 7.11. The van der Waals surface area contributed by atoms with Gasteiger partial charge in [0.2, 0.25) is 0 Å². The van der Waals surface area contributed by atoms with Gasteiger partial charge in [-0.15, -0.1) is 0 Å². The number of carbonyl (C=O) groups excluding carboxylic acids is 1. The molecule has 3 N–H and O–H groups in total. The highest BCUT2D eigenvalue weighted by atomic mass is 16.6. The van der Waals surface area contributed by atoms with E-state index >= 15 is 0 Å². The molecule has 2 aromatic rings. The van der Waals surface area contributed by atoms with Crippen molar-refractivity contribution in [2.75, 3.05) is 19.0 Å². The summed E-state index contributed by atoms with van der Waals surface area (Å²) in [5, 5.41) is 25.8. The van der Waals surface area contributed by atoms with E-state index in [0.29, 0.717) is 11.3 Å². The molecule has 0 aliphatic carbocycles. The summed E-state index contributed by atoms with van der Waals surface area (Å²) in [4.78, 5) is 22.0. The lowest BCUT2D eigenvalue weighted by molar-refractivity contribution is -0.384. The zero-order chi connectivity index (χ0) is 17.5. The average molecular weight is 331 g/mol. The third-order valence-electron chi connectivity index (χ3n) is 3.27. The molecule has 0 aliphatic rings. The van der Waals surface area contributed by atoms with Crippen LogP contribution in [0.5, 0.6) is 5.75 Å². The quantitative estimate of drug-likeness (QED) is 0.556. The minimum Gasteiger partial charge on any atom is -0.496 e. The minimum atomic E-state index is -0.947. The van der Waals surface area contributed by atoms with E-state index in [-0.39, 0.29) is 17.9 Å². The van der Waals surface area contributed by atoms with Crippen LogP contribution in [0.1, 0.15) is 11.7 Å². The third kappa shape index (κ3) is 4.43. The normalized spacial score (nSPS) is 11.4. The Balaban J connectivity index is 1.93. The fraction of sp³-hybridized carbons (Fsp3) is 0.188. The molecular weight excluding hydrogens is 314 g/mol. The number of hydrogen-bond acceptors (Lipinski definition) is 5. The number of non-ortho nitro benzene ring substituents is 1. The molecule has 0 saturated carbocycles. The van der Waals surface area contributed by atoms with Crippen molar-refractivity contribution < 1.29 is 19.6 Å². The monoisotopic (exact) mass is 331 g/mol. The number of nitro groups is 1. The van der Waals surface area contributed by atoms with Gasteiger partial charge in [0.1, 0.15) is 5.75 Å². The lowest BCUT2D eigenvalue weighted by atomic mass is 10.1. The maximum absolute atomic E-state index is 11.8. The van der Waals surface area contributed by atoms with Gasteiger partial charge in [-0.25, -0.2) is 4.79 Å². The molecule has 8 nitrogen and oxygen atoms in total. The summed E-state index contributed by atoms with van der Waals surface area (Å²) in [6, 6.07) is 11.9. The molecule has 0 aliphatic heterocycles. The number of aliphatic hydroxyl groups is 1. The smallest absolute Gasteiger partial charge is 0.319 e. The minimum absolute atomic E-state index is 0.0405. The van der Waals surface area contributed by atoms with Crippen molar-refractivity contribution in [1.29, 1.82) is 0 Å². The Morgan fingerprint density at radius 3 is 2.75 bits per heavy atom. The van der Waals surface area contributed by atoms with Crippen molar-refractivity contribution in [3.63, 3.8) is 0 Å². The lowest BCUT2D eigenvalue weighted by Crippen LogP contribution is -2.32. The number of anilines is 1. The summed E-state index contributed by atoms with van der Waals surface area (Å²) in [7, 11) is 1.49. The van der Waals surface area contributed by atoms with Gasteiger partial charge in [0, 0.05) is 29.9 Å². The number of amides is 2. The summed E-state index contributed by atoms with van der Waals surface area (Å²) < 4.78 is 5.15. The highest BCUT2D eigenvalue weighted by Crippen LogP contribution is 2.24. The number of rotatable bonds is 6. The fourth-order valence-electron chi connectivity index (χ4n) is 2.11. The van der Waals surface area contributed by atoms with E-state index < -0.39 is 17.1 Å². The van der Waals surface area contributed by atoms with Gasteiger partial charge >= 0.3 is 6.03 Å². The van der Waals surface area contributed by atoms with Gasteiger partial charge in [-0.3, -0.25) is 10.1 Å². The molecule has 0 aromatic heterocycles. The predicted molar refractivity (Wildman–Crippen MR) is 88.1 cm³/mol. The van der Waals surface area contributed by atoms with Crippen molar-refractivity contribution in [3.8, 4) is 5.75 Å². The third-order valence-corrected chi connectivity index (χ3v) is 3.27. The number of methoxy groups -OCH3 is 1. The van der Waals surface area contributed by atoms with Gasteiger partial charge in [0.25, 0.3) is 5.69 Å². The highest BCUT2D eigenvalue weighted by molar-refractivity contribution is 5.89. The van der Waals surface area contributed by atoms with Crippen molar-refractivity contribution in [1.82, 2.24) is 5.32 Å². The molecule has 126 valence electrons. The Kier molecular flexibility index (Phi) is 5.69. The summed E-state index contributed by atoms with van der Waals surface area (Å²) in [6.45, 7) is -0.0405. The van der Waals surface area contributed by atoms with Gasteiger partial charge in [-0.1, -0.05) is 24.3 Å². The van der Waals surface area contributed by atoms with Crippen LogP contribution in [0, 0.1) is 10.1 Å². The summed E-state index contributed by atoms with van der Waals surface area (Å²) in [5.74, 6) is 0.519. The van der Waals surface area contributed by atoms with E-state index in [1.54, 1.807) is 24.3 Å². The van der Waals surface area contributed by atoms with Crippen LogP contribution in [0.3, 0.4) is 0 Å². The zero-order valence-corrected chi connectivity index (χ0v) is 12.9. The Hall–Kier alpha value is -3.13. The first-order valence-electron chi connectivity index (χ1n) is 7.11. The lowest BCUT2D eigenvalue weighted by Gasteiger charge is -2.15. The van der Waals surface area contributed by atoms with Gasteiger partial charge in [0.05, 0.1) is 18.1 Å². The van der Waals surface area contributed by atoms with Gasteiger partial charge in [0.15, 0.2) is 0 Å². The Labute approximate surface area is 138 Å². The molecule has 1 atom stereocenters. The molecule has 2 amide bonds. The standard InChI is InChI=1S/C16H17N3O5/c1-24-15-8-3-2-7-13(15)14(20)10-17-16(21)18-11-5-4-6-12(9-11)19(22)23/h2-9,14,20H,10H2,1H3,(H2,17,18,21)/t14-/m0/s1. The van der Waals surface area contributed by atoms with Crippen LogP contribution in [0.25, 0.3) is 0 Å². The van der Waals surface area contributed by atoms with E-state index in [2.05, 4.69) is 10.6 Å². The summed E-state index contributed by atoms with van der Waals surface area (Å²) in [6.07, 6.45) is -0.947. The van der Waals surface area contributed by atoms with Gasteiger partial charge < -0.3 is 20.5 Å². The SMILES string of the molecule is COc1ccccc1[C@@H](O)CNC(=O)Nc1cccc([N+](=O)[O-])c1. The number of carbonyl (C=O) groups is 1. The highest BCUT2D eigenvalue weighted by Gasteiger charge is 2.14. The van der Waals surface area contributed by atoms with E-state index in [1.807, 2.05) is 0 Å². The number of aliphatic hydroxyl groups excluding tert-OH is 1. The van der Waals surface area contributed by atoms with E-state index in [1.165, 1.54) is 31.4 Å². The van der Waals surface area contributed by atoms with E-state index in [0.717, 1.165) is 0 Å². The van der Waals surface area contributed by atoms with Crippen LogP contribution in [-0.2, 0) is 0 Å². The van der Waals surface area contributed by atoms with Crippen LogP contribution in [-0.4, -0.2) is 29.7 Å². The molecular formula is C16H17N3O5. The zero-order valence-electron chi connectivity index (χ0n) is 12.9. The topological polar surface area (TPSA) is 114 Å². The van der Waals surface area contributed by atoms with Crippen molar-refractivity contribution in [2.24, 2.45) is 0 Å². The summed E-state index contributed by atoms with van der Waals surface area (Å²) in [5.41, 5.74) is 0.714. The van der Waals surface area contributed by atoms with Crippen molar-refractivity contribution in [3.05, 3.63) is 64.2 Å². The first kappa shape index (κ1) is 17.2. The second kappa shape index (κ2) is 7.93. The molecule has 2 aromatic carbocycles. The number of nitrogens with zero attached hydrogens (tertiary/aromatic N) is 1. The van der Waals surface area contributed by atoms with Crippen LogP contribution in [0.15, 0.2) is 48.5 Å². The second-order valence-corrected chi connectivity index (χ2v) is 4.90. The number of hydrogen-bond donors (Lipinski definition) is 3. The van der Waals surface area contributed by atoms with Gasteiger partial charge in [-0.2, -0.15) is 0 Å². The molecule has 0 saturated heterocycles. The van der Waals surface area contributed by atoms with Crippen molar-refractivity contribution in [2.45, 2.75) is 6.10 Å². The Bertz CT molecular complexity index is 735. The number of nitro benzene ring substituents is 1. The fourth-order valence-corrected chi connectivity index (χ4v) is 2.11. The molecule has 2 rings (SSSR count). The molecule has 24 heavy (non-hydrogen) atoms. The molecule has 0 fully saturated rings. The predicted octanol–water partition coefficient (Wildman–Crippen LogP) is 2.46. The number of benzene rings is 2. The summed E-state index contributed by atoms with van der Waals surface area (Å²) >= 11 is 0. The molecule has 0 bridgehead atoms. The molecule has 0 spiro atoms.